The molecule has 0 aliphatic carbocycles. The molecule has 1 aromatic carbocycles. The Kier molecular flexibility index (Phi) is 4.83. The van der Waals surface area contributed by atoms with Gasteiger partial charge in [-0.25, -0.2) is 22.4 Å². The highest BCUT2D eigenvalue weighted by Crippen LogP contribution is 2.33. The fraction of sp³-hybridized carbons (Fsp3) is 0.261. The maximum absolute atomic E-state index is 13.2. The van der Waals surface area contributed by atoms with Crippen LogP contribution in [0.4, 0.5) is 0 Å². The van der Waals surface area contributed by atoms with Gasteiger partial charge < -0.3 is 23.9 Å². The number of rotatable bonds is 4. The van der Waals surface area contributed by atoms with Crippen LogP contribution < -0.4 is 9.47 Å². The van der Waals surface area contributed by atoms with E-state index in [4.69, 9.17) is 13.9 Å². The smallest absolute Gasteiger partial charge is 0.269 e. The molecule has 6 rings (SSSR count). The number of aliphatic hydroxyl groups excluding tert-OH is 1. The van der Waals surface area contributed by atoms with Crippen LogP contribution in [0.5, 0.6) is 11.6 Å². The average molecular weight is 497 g/mol. The molecule has 0 saturated heterocycles. The molecule has 0 saturated carbocycles. The molecule has 0 bridgehead atoms. The molecular formula is C23H20N4O7S. The fourth-order valence-corrected chi connectivity index (χ4v) is 5.56. The minimum atomic E-state index is -3.92. The molecule has 0 radical (unpaired) electrons. The zero-order chi connectivity index (χ0) is 24.3. The minimum absolute atomic E-state index is 0.0326. The highest BCUT2D eigenvalue weighted by Gasteiger charge is 2.33. The minimum Gasteiger partial charge on any atom is -0.484 e. The van der Waals surface area contributed by atoms with Crippen molar-refractivity contribution in [1.82, 2.24) is 18.8 Å². The Hall–Kier alpha value is -3.90. The van der Waals surface area contributed by atoms with Gasteiger partial charge in [0.2, 0.25) is 0 Å². The van der Waals surface area contributed by atoms with Crippen molar-refractivity contribution in [2.24, 2.45) is 0 Å². The second-order valence-corrected chi connectivity index (χ2v) is 10.2. The van der Waals surface area contributed by atoms with Crippen LogP contribution >= 0.6 is 0 Å². The summed E-state index contributed by atoms with van der Waals surface area (Å²) in [4.78, 5) is 22.8. The number of aliphatic hydroxyl groups is 1. The topological polar surface area (TPSA) is 137 Å². The molecule has 11 nitrogen and oxygen atoms in total. The van der Waals surface area contributed by atoms with E-state index in [1.54, 1.807) is 25.1 Å². The molecule has 0 spiro atoms. The van der Waals surface area contributed by atoms with Crippen molar-refractivity contribution in [1.29, 1.82) is 0 Å². The number of aryl methyl sites for hydroxylation is 1. The second kappa shape index (κ2) is 7.82. The van der Waals surface area contributed by atoms with Crippen LogP contribution in [0.15, 0.2) is 52.2 Å². The normalized spacial score (nSPS) is 15.9. The predicted molar refractivity (Wildman–Crippen MR) is 120 cm³/mol. The van der Waals surface area contributed by atoms with Crippen molar-refractivity contribution in [3.05, 3.63) is 65.4 Å². The van der Waals surface area contributed by atoms with Crippen molar-refractivity contribution in [3.63, 3.8) is 0 Å². The molecule has 1 unspecified atom stereocenters. The van der Waals surface area contributed by atoms with E-state index < -0.39 is 22.0 Å². The lowest BCUT2D eigenvalue weighted by Crippen LogP contribution is -2.31. The van der Waals surface area contributed by atoms with Crippen LogP contribution in [0, 0.1) is 6.92 Å². The van der Waals surface area contributed by atoms with E-state index in [1.165, 1.54) is 29.6 Å². The number of oxazole rings is 1. The van der Waals surface area contributed by atoms with Gasteiger partial charge in [0, 0.05) is 44.0 Å². The van der Waals surface area contributed by atoms with Crippen molar-refractivity contribution in [2.45, 2.75) is 31.0 Å². The summed E-state index contributed by atoms with van der Waals surface area (Å²) in [6.45, 7) is 2.70. The van der Waals surface area contributed by atoms with E-state index in [0.29, 0.717) is 46.9 Å². The van der Waals surface area contributed by atoms with E-state index in [0.717, 1.165) is 3.97 Å². The number of ether oxygens (including phenoxy) is 2. The third-order valence-electron chi connectivity index (χ3n) is 6.05. The molecule has 1 atom stereocenters. The molecule has 3 aromatic heterocycles. The van der Waals surface area contributed by atoms with E-state index >= 15 is 0 Å². The zero-order valence-electron chi connectivity index (χ0n) is 18.5. The van der Waals surface area contributed by atoms with Crippen LogP contribution in [0.25, 0.3) is 11.1 Å². The first-order valence-electron chi connectivity index (χ1n) is 10.8. The Morgan fingerprint density at radius 3 is 2.66 bits per heavy atom. The highest BCUT2D eigenvalue weighted by atomic mass is 32.2. The number of amides is 1. The van der Waals surface area contributed by atoms with E-state index in [1.807, 2.05) is 0 Å². The van der Waals surface area contributed by atoms with Crippen molar-refractivity contribution in [2.75, 3.05) is 13.2 Å². The Morgan fingerprint density at radius 2 is 1.89 bits per heavy atom. The van der Waals surface area contributed by atoms with Gasteiger partial charge in [0.1, 0.15) is 23.6 Å². The molecule has 2 aliphatic heterocycles. The van der Waals surface area contributed by atoms with Crippen LogP contribution in [0.1, 0.15) is 28.7 Å². The summed E-state index contributed by atoms with van der Waals surface area (Å²) in [6.07, 6.45) is 2.75. The number of para-hydroxylation sites is 1. The van der Waals surface area contributed by atoms with E-state index in [-0.39, 0.29) is 29.6 Å². The third kappa shape index (κ3) is 3.53. The van der Waals surface area contributed by atoms with Gasteiger partial charge in [0.05, 0.1) is 6.20 Å². The molecule has 35 heavy (non-hydrogen) atoms. The summed E-state index contributed by atoms with van der Waals surface area (Å²) in [5.41, 5.74) is 2.64. The van der Waals surface area contributed by atoms with Gasteiger partial charge in [0.15, 0.2) is 23.3 Å². The van der Waals surface area contributed by atoms with Gasteiger partial charge in [-0.15, -0.1) is 0 Å². The van der Waals surface area contributed by atoms with Crippen LogP contribution in [0.2, 0.25) is 0 Å². The average Bonchev–Trinajstić information content (AvgIpc) is 3.55. The van der Waals surface area contributed by atoms with Crippen molar-refractivity contribution in [3.8, 4) is 11.6 Å². The predicted octanol–water partition coefficient (Wildman–Crippen LogP) is 1.92. The Bertz CT molecular complexity index is 1570. The first-order chi connectivity index (χ1) is 16.8. The van der Waals surface area contributed by atoms with Crippen molar-refractivity contribution >= 4 is 27.0 Å². The lowest BCUT2D eigenvalue weighted by atomic mass is 10.1. The van der Waals surface area contributed by atoms with Gasteiger partial charge in [-0.3, -0.25) is 4.79 Å². The summed E-state index contributed by atoms with van der Waals surface area (Å²) in [5, 5.41) is 10.8. The van der Waals surface area contributed by atoms with Gasteiger partial charge in [-0.05, 0) is 17.2 Å². The summed E-state index contributed by atoms with van der Waals surface area (Å²) in [7, 11) is -3.92. The SMILES string of the molecule is Cc1nc2c(C(O)C(=O)N3Cc4cn(S(=O)(=O)c5cnc6c(c5)OCCO6)cc4C3)cccc2o1. The first-order valence-corrected chi connectivity index (χ1v) is 12.3. The molecule has 1 N–H and O–H groups in total. The number of benzene rings is 1. The number of nitrogens with zero attached hydrogens (tertiary/aromatic N) is 4. The van der Waals surface area contributed by atoms with Crippen LogP contribution in [-0.2, 0) is 27.9 Å². The highest BCUT2D eigenvalue weighted by molar-refractivity contribution is 7.90. The number of carbonyl (C=O) groups excluding carboxylic acids is 1. The van der Waals surface area contributed by atoms with Crippen LogP contribution in [0.3, 0.4) is 0 Å². The summed E-state index contributed by atoms with van der Waals surface area (Å²) >= 11 is 0. The molecule has 2 aliphatic rings. The molecule has 180 valence electrons. The number of hydrogen-bond acceptors (Lipinski definition) is 9. The number of hydrogen-bond donors (Lipinski definition) is 1. The van der Waals surface area contributed by atoms with Crippen molar-refractivity contribution < 1.29 is 32.2 Å². The molecule has 0 fully saturated rings. The quantitative estimate of drug-likeness (QED) is 0.449. The summed E-state index contributed by atoms with van der Waals surface area (Å²) < 4.78 is 43.7. The number of fused-ring (bicyclic) bond motifs is 3. The molecule has 4 aromatic rings. The molecular weight excluding hydrogens is 476 g/mol. The first kappa shape index (κ1) is 21.6. The van der Waals surface area contributed by atoms with E-state index in [2.05, 4.69) is 9.97 Å². The van der Waals surface area contributed by atoms with Gasteiger partial charge in [-0.1, -0.05) is 12.1 Å². The molecule has 1 amide bonds. The summed E-state index contributed by atoms with van der Waals surface area (Å²) in [6, 6.07) is 6.44. The third-order valence-corrected chi connectivity index (χ3v) is 7.63. The zero-order valence-corrected chi connectivity index (χ0v) is 19.4. The van der Waals surface area contributed by atoms with Gasteiger partial charge >= 0.3 is 0 Å². The van der Waals surface area contributed by atoms with Gasteiger partial charge in [0.25, 0.3) is 21.8 Å². The monoisotopic (exact) mass is 496 g/mol. The standard InChI is InChI=1S/C23H20N4O7S/c1-13-25-20-17(3-2-4-18(20)34-13)21(28)23(29)26-9-14-11-27(12-15(14)10-26)35(30,31)16-7-19-22(24-8-16)33-6-5-32-19/h2-4,7-8,11-12,21,28H,5-6,9-10H2,1H3. The second-order valence-electron chi connectivity index (χ2n) is 8.34. The molecule has 5 heterocycles. The Morgan fingerprint density at radius 1 is 1.14 bits per heavy atom. The van der Waals surface area contributed by atoms with Gasteiger partial charge in [-0.2, -0.15) is 0 Å². The lowest BCUT2D eigenvalue weighted by Gasteiger charge is -2.20. The van der Waals surface area contributed by atoms with Crippen LogP contribution in [-0.4, -0.2) is 51.5 Å². The largest absolute Gasteiger partial charge is 0.484 e. The summed E-state index contributed by atoms with van der Waals surface area (Å²) in [5.74, 6) is 0.474. The maximum Gasteiger partial charge on any atom is 0.269 e. The number of aromatic nitrogens is 3. The molecule has 12 heteroatoms. The fourth-order valence-electron chi connectivity index (χ4n) is 4.34. The lowest BCUT2D eigenvalue weighted by molar-refractivity contribution is -0.141. The number of pyridine rings is 1. The maximum atomic E-state index is 13.2. The Labute approximate surface area is 199 Å². The number of carbonyl (C=O) groups is 1. The Balaban J connectivity index is 1.22. The van der Waals surface area contributed by atoms with E-state index in [9.17, 15) is 18.3 Å².